The SMILES string of the molecule is CCCCOc1cc(F)c(C(=O)O)c(F)c1. The number of halogens is 2. The monoisotopic (exact) mass is 230 g/mol. The second-order valence-corrected chi connectivity index (χ2v) is 3.27. The molecule has 0 atom stereocenters. The van der Waals surface area contributed by atoms with Crippen LogP contribution in [0.2, 0.25) is 0 Å². The number of unbranched alkanes of at least 4 members (excludes halogenated alkanes) is 1. The number of carboxylic acid groups (broad SMARTS) is 1. The zero-order chi connectivity index (χ0) is 12.1. The number of ether oxygens (including phenoxy) is 1. The molecule has 0 bridgehead atoms. The number of rotatable bonds is 5. The molecule has 16 heavy (non-hydrogen) atoms. The summed E-state index contributed by atoms with van der Waals surface area (Å²) in [5.74, 6) is -3.87. The highest BCUT2D eigenvalue weighted by molar-refractivity contribution is 5.88. The van der Waals surface area contributed by atoms with E-state index < -0.39 is 23.2 Å². The lowest BCUT2D eigenvalue weighted by Crippen LogP contribution is -2.06. The van der Waals surface area contributed by atoms with E-state index in [1.54, 1.807) is 0 Å². The minimum Gasteiger partial charge on any atom is -0.493 e. The van der Waals surface area contributed by atoms with Crippen LogP contribution in [0.1, 0.15) is 30.1 Å². The number of benzene rings is 1. The van der Waals surface area contributed by atoms with Gasteiger partial charge in [0.15, 0.2) is 0 Å². The quantitative estimate of drug-likeness (QED) is 0.791. The molecule has 3 nitrogen and oxygen atoms in total. The standard InChI is InChI=1S/C11H12F2O3/c1-2-3-4-16-7-5-8(12)10(11(14)15)9(13)6-7/h5-6H,2-4H2,1H3,(H,14,15). The second kappa shape index (κ2) is 5.44. The summed E-state index contributed by atoms with van der Waals surface area (Å²) in [4.78, 5) is 10.5. The molecule has 1 aromatic carbocycles. The fourth-order valence-corrected chi connectivity index (χ4v) is 1.17. The highest BCUT2D eigenvalue weighted by atomic mass is 19.1. The summed E-state index contributed by atoms with van der Waals surface area (Å²) in [6, 6.07) is 1.75. The number of hydrogen-bond donors (Lipinski definition) is 1. The number of carboxylic acids is 1. The Morgan fingerprint density at radius 2 is 1.94 bits per heavy atom. The molecular weight excluding hydrogens is 218 g/mol. The Hall–Kier alpha value is -1.65. The minimum absolute atomic E-state index is 0.00782. The van der Waals surface area contributed by atoms with Gasteiger partial charge < -0.3 is 9.84 Å². The van der Waals surface area contributed by atoms with Crippen molar-refractivity contribution in [2.45, 2.75) is 19.8 Å². The topological polar surface area (TPSA) is 46.5 Å². The predicted octanol–water partition coefficient (Wildman–Crippen LogP) is 2.84. The highest BCUT2D eigenvalue weighted by Crippen LogP contribution is 2.20. The Labute approximate surface area is 91.7 Å². The molecule has 0 aliphatic heterocycles. The van der Waals surface area contributed by atoms with E-state index in [2.05, 4.69) is 0 Å². The van der Waals surface area contributed by atoms with Crippen molar-refractivity contribution in [1.82, 2.24) is 0 Å². The molecule has 0 aliphatic rings. The van der Waals surface area contributed by atoms with Crippen molar-refractivity contribution < 1.29 is 23.4 Å². The van der Waals surface area contributed by atoms with E-state index in [4.69, 9.17) is 9.84 Å². The van der Waals surface area contributed by atoms with Gasteiger partial charge in [0.05, 0.1) is 6.61 Å². The molecule has 0 saturated heterocycles. The smallest absolute Gasteiger partial charge is 0.341 e. The van der Waals surface area contributed by atoms with Crippen molar-refractivity contribution in [3.63, 3.8) is 0 Å². The van der Waals surface area contributed by atoms with Crippen molar-refractivity contribution in [3.8, 4) is 5.75 Å². The fourth-order valence-electron chi connectivity index (χ4n) is 1.17. The third-order valence-corrected chi connectivity index (χ3v) is 2.00. The summed E-state index contributed by atoms with van der Waals surface area (Å²) in [5.41, 5.74) is -0.956. The average molecular weight is 230 g/mol. The zero-order valence-corrected chi connectivity index (χ0v) is 8.80. The van der Waals surface area contributed by atoms with E-state index >= 15 is 0 Å². The summed E-state index contributed by atoms with van der Waals surface area (Å²) in [6.45, 7) is 2.31. The molecule has 0 heterocycles. The van der Waals surface area contributed by atoms with Gasteiger partial charge in [-0.15, -0.1) is 0 Å². The maximum Gasteiger partial charge on any atom is 0.341 e. The van der Waals surface area contributed by atoms with Gasteiger partial charge >= 0.3 is 5.97 Å². The first-order valence-electron chi connectivity index (χ1n) is 4.91. The fraction of sp³-hybridized carbons (Fsp3) is 0.364. The third-order valence-electron chi connectivity index (χ3n) is 2.00. The second-order valence-electron chi connectivity index (χ2n) is 3.27. The van der Waals surface area contributed by atoms with Gasteiger partial charge in [0.25, 0.3) is 0 Å². The Morgan fingerprint density at radius 3 is 2.38 bits per heavy atom. The Kier molecular flexibility index (Phi) is 4.22. The van der Waals surface area contributed by atoms with Gasteiger partial charge in [-0.1, -0.05) is 13.3 Å². The molecule has 5 heteroatoms. The maximum atomic E-state index is 13.2. The first-order chi connectivity index (χ1) is 7.56. The molecule has 1 aromatic rings. The molecule has 0 aliphatic carbocycles. The van der Waals surface area contributed by atoms with Crippen LogP contribution in [0.4, 0.5) is 8.78 Å². The van der Waals surface area contributed by atoms with Gasteiger partial charge in [0, 0.05) is 12.1 Å². The summed E-state index contributed by atoms with van der Waals surface area (Å²) in [7, 11) is 0. The molecule has 0 fully saturated rings. The number of aromatic carboxylic acids is 1. The van der Waals surface area contributed by atoms with Gasteiger partial charge in [-0.3, -0.25) is 0 Å². The van der Waals surface area contributed by atoms with Gasteiger partial charge in [0.1, 0.15) is 22.9 Å². The largest absolute Gasteiger partial charge is 0.493 e. The Bertz CT molecular complexity index is 368. The van der Waals surface area contributed by atoms with Crippen LogP contribution < -0.4 is 4.74 Å². The molecule has 1 rings (SSSR count). The summed E-state index contributed by atoms with van der Waals surface area (Å²) in [5, 5.41) is 8.53. The normalized spacial score (nSPS) is 10.2. The van der Waals surface area contributed by atoms with Gasteiger partial charge in [0.2, 0.25) is 0 Å². The lowest BCUT2D eigenvalue weighted by atomic mass is 10.2. The molecule has 0 amide bonds. The van der Waals surface area contributed by atoms with Crippen molar-refractivity contribution in [3.05, 3.63) is 29.3 Å². The molecule has 0 radical (unpaired) electrons. The van der Waals surface area contributed by atoms with E-state index in [0.29, 0.717) is 6.61 Å². The third kappa shape index (κ3) is 2.92. The van der Waals surface area contributed by atoms with Crippen LogP contribution in [0.3, 0.4) is 0 Å². The van der Waals surface area contributed by atoms with Gasteiger partial charge in [-0.2, -0.15) is 0 Å². The van der Waals surface area contributed by atoms with Crippen molar-refractivity contribution >= 4 is 5.97 Å². The summed E-state index contributed by atoms with van der Waals surface area (Å²) >= 11 is 0. The van der Waals surface area contributed by atoms with Crippen molar-refractivity contribution in [2.75, 3.05) is 6.61 Å². The average Bonchev–Trinajstić information content (AvgIpc) is 2.16. The molecule has 1 N–H and O–H groups in total. The Morgan fingerprint density at radius 1 is 1.38 bits per heavy atom. The molecule has 0 aromatic heterocycles. The lowest BCUT2D eigenvalue weighted by molar-refractivity contribution is 0.0686. The van der Waals surface area contributed by atoms with Crippen molar-refractivity contribution in [1.29, 1.82) is 0 Å². The van der Waals surface area contributed by atoms with Gasteiger partial charge in [-0.25, -0.2) is 13.6 Å². The molecule has 88 valence electrons. The van der Waals surface area contributed by atoms with Crippen LogP contribution in [0.25, 0.3) is 0 Å². The van der Waals surface area contributed by atoms with E-state index in [9.17, 15) is 13.6 Å². The van der Waals surface area contributed by atoms with Crippen LogP contribution in [-0.4, -0.2) is 17.7 Å². The lowest BCUT2D eigenvalue weighted by Gasteiger charge is -2.07. The molecule has 0 unspecified atom stereocenters. The molecule has 0 saturated carbocycles. The van der Waals surface area contributed by atoms with Crippen LogP contribution in [0, 0.1) is 11.6 Å². The Balaban J connectivity index is 2.87. The number of carbonyl (C=O) groups is 1. The van der Waals surface area contributed by atoms with Crippen LogP contribution in [0.5, 0.6) is 5.75 Å². The van der Waals surface area contributed by atoms with E-state index in [1.807, 2.05) is 6.92 Å². The van der Waals surface area contributed by atoms with Crippen LogP contribution >= 0.6 is 0 Å². The van der Waals surface area contributed by atoms with Gasteiger partial charge in [-0.05, 0) is 6.42 Å². The molecule has 0 spiro atoms. The minimum atomic E-state index is -1.63. The van der Waals surface area contributed by atoms with Crippen LogP contribution in [0.15, 0.2) is 12.1 Å². The van der Waals surface area contributed by atoms with Crippen molar-refractivity contribution in [2.24, 2.45) is 0 Å². The maximum absolute atomic E-state index is 13.2. The molecular formula is C11H12F2O3. The summed E-state index contributed by atoms with van der Waals surface area (Å²) < 4.78 is 31.4. The predicted molar refractivity (Wildman–Crippen MR) is 53.7 cm³/mol. The number of hydrogen-bond acceptors (Lipinski definition) is 2. The van der Waals surface area contributed by atoms with E-state index in [1.165, 1.54) is 0 Å². The van der Waals surface area contributed by atoms with Crippen LogP contribution in [-0.2, 0) is 0 Å². The first-order valence-corrected chi connectivity index (χ1v) is 4.91. The van der Waals surface area contributed by atoms with E-state index in [0.717, 1.165) is 25.0 Å². The zero-order valence-electron chi connectivity index (χ0n) is 8.80. The highest BCUT2D eigenvalue weighted by Gasteiger charge is 2.18. The first kappa shape index (κ1) is 12.4. The van der Waals surface area contributed by atoms with E-state index in [-0.39, 0.29) is 5.75 Å². The summed E-state index contributed by atoms with van der Waals surface area (Å²) in [6.07, 6.45) is 1.67.